The third-order valence-electron chi connectivity index (χ3n) is 15.6. The molecule has 17 heteroatoms. The normalized spacial score (nSPS) is 22.9. The van der Waals surface area contributed by atoms with Crippen LogP contribution in [0.1, 0.15) is 95.1 Å². The van der Waals surface area contributed by atoms with Crippen molar-refractivity contribution in [1.29, 1.82) is 0 Å². The van der Waals surface area contributed by atoms with Crippen LogP contribution in [0.4, 0.5) is 31.8 Å². The molecule has 1 atom stereocenters. The number of carbonyl (C=O) groups is 4. The van der Waals surface area contributed by atoms with Gasteiger partial charge in [0.15, 0.2) is 0 Å². The zero-order valence-corrected chi connectivity index (χ0v) is 39.9. The SMILES string of the molecule is CC1(C)CCN(Cc2cc(F)c(N3CC(=O)NC4(CCN(c5cc(NCCCC(=O)N6CCC(CN7CCN(c8ccc(C9CCC(=O)NC9=O)cc8)CC7)CC6)ncn5)CC4)C3)cc2F)CC1. The molecule has 0 aliphatic carbocycles. The van der Waals surface area contributed by atoms with Crippen LogP contribution in [0.25, 0.3) is 0 Å². The van der Waals surface area contributed by atoms with Crippen LogP contribution in [0.2, 0.25) is 0 Å². The van der Waals surface area contributed by atoms with E-state index >= 15 is 8.78 Å². The number of nitrogens with zero attached hydrogens (tertiary/aromatic N) is 8. The molecule has 9 rings (SSSR count). The predicted molar refractivity (Wildman–Crippen MR) is 258 cm³/mol. The topological polar surface area (TPSA) is 150 Å². The molecule has 3 aromatic rings. The average Bonchev–Trinajstić information content (AvgIpc) is 3.33. The van der Waals surface area contributed by atoms with E-state index in [-0.39, 0.29) is 47.2 Å². The Balaban J connectivity index is 0.669. The third-order valence-corrected chi connectivity index (χ3v) is 15.6. The van der Waals surface area contributed by atoms with Crippen LogP contribution in [-0.4, -0.2) is 145 Å². The molecule has 1 unspecified atom stereocenters. The lowest BCUT2D eigenvalue weighted by molar-refractivity contribution is -0.134. The fraction of sp³-hybridized carbons (Fsp3) is 0.608. The minimum absolute atomic E-state index is 0.0238. The molecule has 2 aromatic carbocycles. The molecule has 366 valence electrons. The first-order valence-electron chi connectivity index (χ1n) is 25.0. The van der Waals surface area contributed by atoms with Crippen LogP contribution in [0.5, 0.6) is 0 Å². The smallest absolute Gasteiger partial charge is 0.240 e. The standard InChI is InChI=1S/C51H69F2N11O4/c1-50(2)13-20-59(21-14-50)32-38-28-42(53)43(29-41(38)52)64-33-47(66)58-51(34-64)15-22-62(23-16-51)45-30-44(55-35-56-45)54-17-3-4-48(67)63-18-11-36(12-19-63)31-60-24-26-61(27-25-60)39-7-5-37(6-8-39)40-9-10-46(65)57-49(40)68/h5-8,28-30,35-36,40H,3-4,9-27,31-34H2,1-2H3,(H,58,66)(H,54,55,56)(H,57,65,68). The Morgan fingerprint density at radius 1 is 0.779 bits per heavy atom. The van der Waals surface area contributed by atoms with Crippen molar-refractivity contribution in [3.05, 3.63) is 71.6 Å². The summed E-state index contributed by atoms with van der Waals surface area (Å²) in [5.74, 6) is 0.447. The molecule has 6 fully saturated rings. The van der Waals surface area contributed by atoms with Crippen molar-refractivity contribution in [3.63, 3.8) is 0 Å². The second-order valence-electron chi connectivity index (χ2n) is 21.0. The van der Waals surface area contributed by atoms with Crippen molar-refractivity contribution in [2.24, 2.45) is 11.3 Å². The number of hydrogen-bond donors (Lipinski definition) is 3. The van der Waals surface area contributed by atoms with E-state index in [2.05, 4.69) is 71.5 Å². The molecule has 3 N–H and O–H groups in total. The van der Waals surface area contributed by atoms with Gasteiger partial charge < -0.3 is 30.2 Å². The molecule has 1 aromatic heterocycles. The fourth-order valence-corrected chi connectivity index (χ4v) is 11.2. The number of carbonyl (C=O) groups excluding carboxylic acids is 4. The summed E-state index contributed by atoms with van der Waals surface area (Å²) in [6.45, 7) is 15.3. The number of amides is 4. The van der Waals surface area contributed by atoms with E-state index in [0.717, 1.165) is 102 Å². The number of imide groups is 1. The second-order valence-corrected chi connectivity index (χ2v) is 21.0. The van der Waals surface area contributed by atoms with Crippen LogP contribution in [-0.2, 0) is 25.7 Å². The summed E-state index contributed by atoms with van der Waals surface area (Å²) in [6.07, 6.45) is 8.98. The number of piperidine rings is 4. The van der Waals surface area contributed by atoms with Crippen molar-refractivity contribution < 1.29 is 28.0 Å². The Bertz CT molecular complexity index is 2280. The summed E-state index contributed by atoms with van der Waals surface area (Å²) >= 11 is 0. The van der Waals surface area contributed by atoms with Gasteiger partial charge in [-0.3, -0.25) is 34.3 Å². The van der Waals surface area contributed by atoms with Crippen molar-refractivity contribution in [3.8, 4) is 0 Å². The largest absolute Gasteiger partial charge is 0.370 e. The summed E-state index contributed by atoms with van der Waals surface area (Å²) in [4.78, 5) is 72.1. The van der Waals surface area contributed by atoms with Crippen LogP contribution >= 0.6 is 0 Å². The van der Waals surface area contributed by atoms with E-state index in [4.69, 9.17) is 0 Å². The lowest BCUT2D eigenvalue weighted by atomic mass is 9.82. The Hall–Kier alpha value is -5.42. The third kappa shape index (κ3) is 11.5. The van der Waals surface area contributed by atoms with Gasteiger partial charge in [-0.2, -0.15) is 0 Å². The fourth-order valence-electron chi connectivity index (χ4n) is 11.2. The Morgan fingerprint density at radius 3 is 2.24 bits per heavy atom. The zero-order valence-electron chi connectivity index (χ0n) is 39.9. The maximum atomic E-state index is 15.7. The lowest BCUT2D eigenvalue weighted by Crippen LogP contribution is -2.66. The van der Waals surface area contributed by atoms with Gasteiger partial charge >= 0.3 is 0 Å². The minimum atomic E-state index is -0.570. The second kappa shape index (κ2) is 20.7. The predicted octanol–water partition coefficient (Wildman–Crippen LogP) is 5.13. The van der Waals surface area contributed by atoms with Crippen molar-refractivity contribution in [2.45, 2.75) is 96.1 Å². The summed E-state index contributed by atoms with van der Waals surface area (Å²) in [5.41, 5.74) is 2.31. The number of likely N-dealkylation sites (tertiary alicyclic amines) is 2. The van der Waals surface area contributed by atoms with Gasteiger partial charge in [0, 0.05) is 115 Å². The van der Waals surface area contributed by atoms with Crippen LogP contribution in [0.3, 0.4) is 0 Å². The van der Waals surface area contributed by atoms with Gasteiger partial charge in [-0.15, -0.1) is 0 Å². The molecular formula is C51H69F2N11O4. The van der Waals surface area contributed by atoms with Gasteiger partial charge in [-0.25, -0.2) is 18.7 Å². The quantitative estimate of drug-likeness (QED) is 0.154. The first-order chi connectivity index (χ1) is 32.8. The maximum Gasteiger partial charge on any atom is 0.240 e. The lowest BCUT2D eigenvalue weighted by Gasteiger charge is -2.48. The zero-order chi connectivity index (χ0) is 47.4. The number of anilines is 4. The van der Waals surface area contributed by atoms with Gasteiger partial charge in [0.1, 0.15) is 29.6 Å². The molecule has 4 amide bonds. The Kier molecular flexibility index (Phi) is 14.5. The van der Waals surface area contributed by atoms with Gasteiger partial charge in [-0.1, -0.05) is 26.0 Å². The molecule has 6 saturated heterocycles. The van der Waals surface area contributed by atoms with Crippen LogP contribution < -0.4 is 30.7 Å². The summed E-state index contributed by atoms with van der Waals surface area (Å²) < 4.78 is 31.2. The molecule has 7 heterocycles. The van der Waals surface area contributed by atoms with Crippen LogP contribution in [0, 0.1) is 23.0 Å². The number of halogens is 2. The van der Waals surface area contributed by atoms with Gasteiger partial charge in [0.25, 0.3) is 0 Å². The van der Waals surface area contributed by atoms with E-state index in [1.54, 1.807) is 11.2 Å². The molecule has 0 saturated carbocycles. The molecule has 15 nitrogen and oxygen atoms in total. The molecule has 68 heavy (non-hydrogen) atoms. The van der Waals surface area contributed by atoms with Gasteiger partial charge in [-0.05, 0) is 99.6 Å². The van der Waals surface area contributed by atoms with Crippen molar-refractivity contribution >= 4 is 46.6 Å². The van der Waals surface area contributed by atoms with Crippen molar-refractivity contribution in [2.75, 3.05) is 112 Å². The van der Waals surface area contributed by atoms with Crippen molar-refractivity contribution in [1.82, 2.24) is 35.3 Å². The minimum Gasteiger partial charge on any atom is -0.370 e. The average molecular weight is 938 g/mol. The van der Waals surface area contributed by atoms with E-state index < -0.39 is 17.2 Å². The summed E-state index contributed by atoms with van der Waals surface area (Å²) in [7, 11) is 0. The number of rotatable bonds is 13. The van der Waals surface area contributed by atoms with E-state index in [1.807, 2.05) is 23.1 Å². The van der Waals surface area contributed by atoms with E-state index in [1.165, 1.54) is 12.1 Å². The molecular weight excluding hydrogens is 869 g/mol. The first-order valence-corrected chi connectivity index (χ1v) is 25.0. The highest BCUT2D eigenvalue weighted by molar-refractivity contribution is 6.01. The van der Waals surface area contributed by atoms with Gasteiger partial charge in [0.2, 0.25) is 23.6 Å². The van der Waals surface area contributed by atoms with E-state index in [0.29, 0.717) is 88.5 Å². The highest BCUT2D eigenvalue weighted by Gasteiger charge is 2.42. The van der Waals surface area contributed by atoms with E-state index in [9.17, 15) is 19.2 Å². The maximum absolute atomic E-state index is 15.7. The number of hydrogen-bond acceptors (Lipinski definition) is 12. The molecule has 0 bridgehead atoms. The molecule has 1 spiro atoms. The Morgan fingerprint density at radius 2 is 1.51 bits per heavy atom. The Labute approximate surface area is 399 Å². The number of piperazine rings is 2. The molecule has 0 radical (unpaired) electrons. The number of benzene rings is 2. The summed E-state index contributed by atoms with van der Waals surface area (Å²) in [6, 6.07) is 12.8. The molecule has 6 aliphatic rings. The monoisotopic (exact) mass is 938 g/mol. The first kappa shape index (κ1) is 47.6. The van der Waals surface area contributed by atoms with Crippen LogP contribution in [0.15, 0.2) is 48.8 Å². The highest BCUT2D eigenvalue weighted by atomic mass is 19.1. The highest BCUT2D eigenvalue weighted by Crippen LogP contribution is 2.35. The number of nitrogens with one attached hydrogen (secondary N) is 3. The molecule has 6 aliphatic heterocycles. The summed E-state index contributed by atoms with van der Waals surface area (Å²) in [5, 5.41) is 9.03. The number of aromatic nitrogens is 2. The van der Waals surface area contributed by atoms with Gasteiger partial charge in [0.05, 0.1) is 23.7 Å².